The molecule has 3 rings (SSSR count). The van der Waals surface area contributed by atoms with Gasteiger partial charge >= 0.3 is 0 Å². The maximum atomic E-state index is 13.1. The van der Waals surface area contributed by atoms with Crippen molar-refractivity contribution < 1.29 is 18.4 Å². The number of nitrogens with one attached hydrogen (secondary N) is 2. The van der Waals surface area contributed by atoms with Gasteiger partial charge in [0.2, 0.25) is 0 Å². The minimum atomic E-state index is -0.451. The van der Waals surface area contributed by atoms with Gasteiger partial charge in [0.1, 0.15) is 17.3 Å². The maximum Gasteiger partial charge on any atom is 0.270 e. The van der Waals surface area contributed by atoms with Gasteiger partial charge in [-0.2, -0.15) is 0 Å². The van der Waals surface area contributed by atoms with Crippen molar-refractivity contribution in [1.29, 1.82) is 0 Å². The summed E-state index contributed by atoms with van der Waals surface area (Å²) in [7, 11) is 0. The number of hydrogen-bond acceptors (Lipinski definition) is 3. The second kappa shape index (κ2) is 9.26. The molecule has 0 aliphatic heterocycles. The van der Waals surface area contributed by atoms with Crippen LogP contribution in [0.4, 0.5) is 8.78 Å². The van der Waals surface area contributed by atoms with Gasteiger partial charge in [-0.05, 0) is 61.4 Å². The first-order valence-electron chi connectivity index (χ1n) is 9.42. The summed E-state index contributed by atoms with van der Waals surface area (Å²) in [5.74, 6) is -1.53. The zero-order valence-electron chi connectivity index (χ0n) is 16.5. The number of halogens is 2. The van der Waals surface area contributed by atoms with Crippen molar-refractivity contribution in [3.63, 3.8) is 0 Å². The van der Waals surface area contributed by atoms with Crippen LogP contribution in [0.3, 0.4) is 0 Å². The Morgan fingerprint density at radius 1 is 0.767 bits per heavy atom. The Bertz CT molecular complexity index is 956. The lowest BCUT2D eigenvalue weighted by Crippen LogP contribution is -2.29. The van der Waals surface area contributed by atoms with Gasteiger partial charge in [0.15, 0.2) is 0 Å². The predicted octanol–water partition coefficient (Wildman–Crippen LogP) is 4.34. The monoisotopic (exact) mass is 409 g/mol. The molecule has 0 aliphatic rings. The van der Waals surface area contributed by atoms with E-state index in [1.807, 2.05) is 0 Å². The van der Waals surface area contributed by atoms with Gasteiger partial charge in [-0.1, -0.05) is 24.3 Å². The molecule has 0 saturated heterocycles. The van der Waals surface area contributed by atoms with E-state index >= 15 is 0 Å². The number of amides is 2. The third kappa shape index (κ3) is 5.26. The zero-order valence-corrected chi connectivity index (χ0v) is 16.5. The van der Waals surface area contributed by atoms with Crippen molar-refractivity contribution in [1.82, 2.24) is 15.6 Å². The smallest absolute Gasteiger partial charge is 0.270 e. The Kier molecular flexibility index (Phi) is 6.51. The lowest BCUT2D eigenvalue weighted by molar-refractivity contribution is 0.0935. The van der Waals surface area contributed by atoms with E-state index in [1.165, 1.54) is 42.6 Å². The SMILES string of the molecule is CC(NC(=O)c1ccnc(C(=O)NC(C)c2ccc(F)cc2)c1)c1ccc(F)cc1. The second-order valence-corrected chi connectivity index (χ2v) is 6.92. The molecule has 2 amide bonds. The molecular formula is C23H21F2N3O2. The fraction of sp³-hybridized carbons (Fsp3) is 0.174. The topological polar surface area (TPSA) is 71.1 Å². The average Bonchev–Trinajstić information content (AvgIpc) is 2.74. The van der Waals surface area contributed by atoms with Crippen molar-refractivity contribution in [2.24, 2.45) is 0 Å². The summed E-state index contributed by atoms with van der Waals surface area (Å²) in [6, 6.07) is 13.9. The van der Waals surface area contributed by atoms with Crippen LogP contribution >= 0.6 is 0 Å². The summed E-state index contributed by atoms with van der Waals surface area (Å²) in [5.41, 5.74) is 1.86. The molecule has 0 saturated carbocycles. The predicted molar refractivity (Wildman–Crippen MR) is 109 cm³/mol. The van der Waals surface area contributed by atoms with Gasteiger partial charge in [-0.15, -0.1) is 0 Å². The van der Waals surface area contributed by atoms with Crippen LogP contribution in [0.1, 0.15) is 57.9 Å². The van der Waals surface area contributed by atoms with Crippen molar-refractivity contribution in [2.75, 3.05) is 0 Å². The van der Waals surface area contributed by atoms with E-state index in [9.17, 15) is 18.4 Å². The van der Waals surface area contributed by atoms with Crippen LogP contribution in [-0.2, 0) is 0 Å². The van der Waals surface area contributed by atoms with E-state index in [1.54, 1.807) is 38.1 Å². The number of hydrogen-bond donors (Lipinski definition) is 2. The molecule has 0 spiro atoms. The number of nitrogens with zero attached hydrogens (tertiary/aromatic N) is 1. The normalized spacial score (nSPS) is 12.7. The molecule has 7 heteroatoms. The van der Waals surface area contributed by atoms with E-state index in [0.717, 1.165) is 11.1 Å². The summed E-state index contributed by atoms with van der Waals surface area (Å²) in [6.07, 6.45) is 1.38. The van der Waals surface area contributed by atoms with Gasteiger partial charge < -0.3 is 10.6 Å². The van der Waals surface area contributed by atoms with Crippen LogP contribution in [0.25, 0.3) is 0 Å². The number of rotatable bonds is 6. The van der Waals surface area contributed by atoms with E-state index in [4.69, 9.17) is 0 Å². The summed E-state index contributed by atoms with van der Waals surface area (Å²) in [5, 5.41) is 5.59. The van der Waals surface area contributed by atoms with Crippen LogP contribution < -0.4 is 10.6 Å². The van der Waals surface area contributed by atoms with Gasteiger partial charge in [0.25, 0.3) is 11.8 Å². The van der Waals surface area contributed by atoms with Crippen molar-refractivity contribution in [3.8, 4) is 0 Å². The number of carbonyl (C=O) groups excluding carboxylic acids is 2. The number of carbonyl (C=O) groups is 2. The minimum Gasteiger partial charge on any atom is -0.346 e. The Hall–Kier alpha value is -3.61. The quantitative estimate of drug-likeness (QED) is 0.636. The number of pyridine rings is 1. The second-order valence-electron chi connectivity index (χ2n) is 6.92. The molecule has 2 aromatic carbocycles. The summed E-state index contributed by atoms with van der Waals surface area (Å²) in [4.78, 5) is 29.1. The Labute approximate surface area is 173 Å². The summed E-state index contributed by atoms with van der Waals surface area (Å²) >= 11 is 0. The third-order valence-electron chi connectivity index (χ3n) is 4.69. The van der Waals surface area contributed by atoms with Gasteiger partial charge in [-0.3, -0.25) is 14.6 Å². The molecule has 2 unspecified atom stereocenters. The van der Waals surface area contributed by atoms with Crippen LogP contribution in [-0.4, -0.2) is 16.8 Å². The van der Waals surface area contributed by atoms with E-state index in [2.05, 4.69) is 15.6 Å². The van der Waals surface area contributed by atoms with Crippen molar-refractivity contribution in [3.05, 3.63) is 101 Å². The zero-order chi connectivity index (χ0) is 21.7. The molecular weight excluding hydrogens is 388 g/mol. The van der Waals surface area contributed by atoms with Gasteiger partial charge in [-0.25, -0.2) is 8.78 Å². The Balaban J connectivity index is 1.67. The first-order chi connectivity index (χ1) is 14.3. The van der Waals surface area contributed by atoms with Crippen LogP contribution in [0, 0.1) is 11.6 Å². The molecule has 0 radical (unpaired) electrons. The molecule has 5 nitrogen and oxygen atoms in total. The molecule has 1 heterocycles. The van der Waals surface area contributed by atoms with E-state index < -0.39 is 5.91 Å². The number of benzene rings is 2. The third-order valence-corrected chi connectivity index (χ3v) is 4.69. The largest absolute Gasteiger partial charge is 0.346 e. The van der Waals surface area contributed by atoms with Crippen molar-refractivity contribution in [2.45, 2.75) is 25.9 Å². The van der Waals surface area contributed by atoms with Crippen LogP contribution in [0.5, 0.6) is 0 Å². The summed E-state index contributed by atoms with van der Waals surface area (Å²) in [6.45, 7) is 3.55. The first kappa shape index (κ1) is 21.1. The standard InChI is InChI=1S/C23H21F2N3O2/c1-14(16-3-7-19(24)8-4-16)27-22(29)18-11-12-26-21(13-18)23(30)28-15(2)17-5-9-20(25)10-6-17/h3-15H,1-2H3,(H,27,29)(H,28,30). The average molecular weight is 409 g/mol. The van der Waals surface area contributed by atoms with Gasteiger partial charge in [0.05, 0.1) is 12.1 Å². The molecule has 1 aromatic heterocycles. The fourth-order valence-electron chi connectivity index (χ4n) is 2.92. The van der Waals surface area contributed by atoms with E-state index in [0.29, 0.717) is 0 Å². The molecule has 2 atom stereocenters. The Morgan fingerprint density at radius 3 is 1.73 bits per heavy atom. The minimum absolute atomic E-state index is 0.0889. The van der Waals surface area contributed by atoms with Crippen molar-refractivity contribution >= 4 is 11.8 Å². The highest BCUT2D eigenvalue weighted by molar-refractivity contribution is 5.98. The summed E-state index contributed by atoms with van der Waals surface area (Å²) < 4.78 is 26.1. The highest BCUT2D eigenvalue weighted by Crippen LogP contribution is 2.15. The molecule has 0 bridgehead atoms. The molecule has 154 valence electrons. The van der Waals surface area contributed by atoms with Crippen LogP contribution in [0.2, 0.25) is 0 Å². The fourth-order valence-corrected chi connectivity index (χ4v) is 2.92. The first-order valence-corrected chi connectivity index (χ1v) is 9.42. The molecule has 30 heavy (non-hydrogen) atoms. The molecule has 0 aliphatic carbocycles. The van der Waals surface area contributed by atoms with Gasteiger partial charge in [0, 0.05) is 11.8 Å². The highest BCUT2D eigenvalue weighted by Gasteiger charge is 2.16. The Morgan fingerprint density at radius 2 is 1.23 bits per heavy atom. The van der Waals surface area contributed by atoms with Crippen LogP contribution in [0.15, 0.2) is 66.9 Å². The molecule has 0 fully saturated rings. The molecule has 2 N–H and O–H groups in total. The maximum absolute atomic E-state index is 13.1. The lowest BCUT2D eigenvalue weighted by Gasteiger charge is -2.16. The van der Waals surface area contributed by atoms with E-state index in [-0.39, 0.29) is 40.9 Å². The number of aromatic nitrogens is 1. The molecule has 3 aromatic rings. The lowest BCUT2D eigenvalue weighted by atomic mass is 10.1. The highest BCUT2D eigenvalue weighted by atomic mass is 19.1.